The highest BCUT2D eigenvalue weighted by molar-refractivity contribution is 5.82. The molecule has 2 aliphatic carbocycles. The average Bonchev–Trinajstić information content (AvgIpc) is 2.45. The van der Waals surface area contributed by atoms with Crippen LogP contribution in [0.15, 0.2) is 35.9 Å². The topological polar surface area (TPSA) is 26.3 Å². The Bertz CT molecular complexity index is 530. The Balaban J connectivity index is 2.03. The van der Waals surface area contributed by atoms with Gasteiger partial charge in [-0.25, -0.2) is 0 Å². The van der Waals surface area contributed by atoms with E-state index >= 15 is 0 Å². The molecular weight excluding hydrogens is 236 g/mol. The number of benzene rings is 1. The minimum absolute atomic E-state index is 0.0181. The molecule has 2 aliphatic rings. The second-order valence-electron chi connectivity index (χ2n) is 5.55. The van der Waals surface area contributed by atoms with E-state index in [-0.39, 0.29) is 11.4 Å². The van der Waals surface area contributed by atoms with Gasteiger partial charge in [0.15, 0.2) is 0 Å². The van der Waals surface area contributed by atoms with Gasteiger partial charge in [-0.05, 0) is 50.2 Å². The molecule has 0 radical (unpaired) electrons. The highest BCUT2D eigenvalue weighted by Gasteiger charge is 2.46. The van der Waals surface area contributed by atoms with Crippen LogP contribution in [-0.4, -0.2) is 12.6 Å². The highest BCUT2D eigenvalue weighted by atomic mass is 16.5. The van der Waals surface area contributed by atoms with E-state index in [0.717, 1.165) is 32.1 Å². The maximum absolute atomic E-state index is 12.5. The number of ether oxygens (including phenoxy) is 1. The number of carbonyl (C=O) groups is 1. The molecule has 0 heterocycles. The number of allylic oxidation sites excluding steroid dienone is 1. The summed E-state index contributed by atoms with van der Waals surface area (Å²) in [6, 6.07) is 8.48. The van der Waals surface area contributed by atoms with Gasteiger partial charge in [-0.2, -0.15) is 0 Å². The van der Waals surface area contributed by atoms with Gasteiger partial charge in [0.25, 0.3) is 0 Å². The Morgan fingerprint density at radius 3 is 2.89 bits per heavy atom. The van der Waals surface area contributed by atoms with Gasteiger partial charge < -0.3 is 4.74 Å². The highest BCUT2D eigenvalue weighted by Crippen LogP contribution is 2.47. The van der Waals surface area contributed by atoms with Crippen molar-refractivity contribution < 1.29 is 9.53 Å². The number of esters is 1. The number of fused-ring (bicyclic) bond motifs is 2. The molecule has 100 valence electrons. The SMILES string of the molecule is CCOC(=O)C12CCCC=C1Cc1ccccc1C2. The first-order valence-electron chi connectivity index (χ1n) is 7.20. The van der Waals surface area contributed by atoms with E-state index in [1.54, 1.807) is 0 Å². The third-order valence-electron chi connectivity index (χ3n) is 4.47. The van der Waals surface area contributed by atoms with Gasteiger partial charge in [-0.3, -0.25) is 4.79 Å². The van der Waals surface area contributed by atoms with Crippen LogP contribution >= 0.6 is 0 Å². The Kier molecular flexibility index (Phi) is 3.17. The monoisotopic (exact) mass is 256 g/mol. The Hall–Kier alpha value is -1.57. The van der Waals surface area contributed by atoms with Gasteiger partial charge in [0.05, 0.1) is 12.0 Å². The van der Waals surface area contributed by atoms with Crippen LogP contribution in [0.2, 0.25) is 0 Å². The molecule has 1 unspecified atom stereocenters. The molecule has 0 amide bonds. The van der Waals surface area contributed by atoms with E-state index in [1.165, 1.54) is 16.7 Å². The third-order valence-corrected chi connectivity index (χ3v) is 4.47. The molecule has 0 saturated carbocycles. The van der Waals surface area contributed by atoms with E-state index in [9.17, 15) is 4.79 Å². The van der Waals surface area contributed by atoms with Crippen LogP contribution in [-0.2, 0) is 22.4 Å². The summed E-state index contributed by atoms with van der Waals surface area (Å²) < 4.78 is 5.38. The molecule has 0 aliphatic heterocycles. The van der Waals surface area contributed by atoms with Crippen molar-refractivity contribution in [2.45, 2.75) is 39.0 Å². The van der Waals surface area contributed by atoms with Crippen molar-refractivity contribution in [1.29, 1.82) is 0 Å². The molecular formula is C17H20O2. The molecule has 0 spiro atoms. The van der Waals surface area contributed by atoms with E-state index in [0.29, 0.717) is 6.61 Å². The largest absolute Gasteiger partial charge is 0.465 e. The molecule has 0 aromatic heterocycles. The molecule has 0 N–H and O–H groups in total. The number of hydrogen-bond acceptors (Lipinski definition) is 2. The van der Waals surface area contributed by atoms with Crippen LogP contribution < -0.4 is 0 Å². The summed E-state index contributed by atoms with van der Waals surface area (Å²) in [6.07, 6.45) is 7.12. The lowest BCUT2D eigenvalue weighted by Gasteiger charge is -2.40. The van der Waals surface area contributed by atoms with Crippen LogP contribution in [0, 0.1) is 5.41 Å². The first-order valence-corrected chi connectivity index (χ1v) is 7.20. The first kappa shape index (κ1) is 12.5. The van der Waals surface area contributed by atoms with Gasteiger partial charge in [0.1, 0.15) is 0 Å². The predicted molar refractivity (Wildman–Crippen MR) is 74.9 cm³/mol. The molecule has 2 heteroatoms. The standard InChI is InChI=1S/C17H20O2/c1-2-19-16(18)17-10-6-5-9-15(17)11-13-7-3-4-8-14(13)12-17/h3-4,7-9H,2,5-6,10-12H2,1H3. The van der Waals surface area contributed by atoms with Gasteiger partial charge in [0.2, 0.25) is 0 Å². The van der Waals surface area contributed by atoms with Gasteiger partial charge in [-0.15, -0.1) is 0 Å². The molecule has 1 atom stereocenters. The summed E-state index contributed by atoms with van der Waals surface area (Å²) in [4.78, 5) is 12.5. The van der Waals surface area contributed by atoms with Crippen LogP contribution in [0.1, 0.15) is 37.3 Å². The molecule has 3 rings (SSSR count). The summed E-state index contributed by atoms with van der Waals surface area (Å²) in [5.41, 5.74) is 3.60. The lowest BCUT2D eigenvalue weighted by atomic mass is 9.63. The van der Waals surface area contributed by atoms with Crippen molar-refractivity contribution in [3.05, 3.63) is 47.0 Å². The molecule has 19 heavy (non-hydrogen) atoms. The minimum Gasteiger partial charge on any atom is -0.465 e. The molecule has 1 aromatic carbocycles. The Labute approximate surface area is 114 Å². The predicted octanol–water partition coefficient (Wildman–Crippen LogP) is 3.45. The van der Waals surface area contributed by atoms with Crippen molar-refractivity contribution in [2.75, 3.05) is 6.61 Å². The fraction of sp³-hybridized carbons (Fsp3) is 0.471. The van der Waals surface area contributed by atoms with Gasteiger partial charge in [-0.1, -0.05) is 35.9 Å². The zero-order chi connectivity index (χ0) is 13.3. The van der Waals surface area contributed by atoms with Crippen molar-refractivity contribution in [3.63, 3.8) is 0 Å². The average molecular weight is 256 g/mol. The molecule has 0 saturated heterocycles. The normalized spacial score (nSPS) is 25.0. The fourth-order valence-corrected chi connectivity index (χ4v) is 3.49. The summed E-state index contributed by atoms with van der Waals surface area (Å²) in [6.45, 7) is 2.35. The molecule has 1 aromatic rings. The summed E-state index contributed by atoms with van der Waals surface area (Å²) in [5.74, 6) is -0.0181. The lowest BCUT2D eigenvalue weighted by Crippen LogP contribution is -2.41. The smallest absolute Gasteiger partial charge is 0.316 e. The second-order valence-corrected chi connectivity index (χ2v) is 5.55. The van der Waals surface area contributed by atoms with Crippen molar-refractivity contribution in [3.8, 4) is 0 Å². The van der Waals surface area contributed by atoms with E-state index in [2.05, 4.69) is 30.3 Å². The Morgan fingerprint density at radius 2 is 2.11 bits per heavy atom. The van der Waals surface area contributed by atoms with E-state index in [4.69, 9.17) is 4.74 Å². The lowest BCUT2D eigenvalue weighted by molar-refractivity contribution is -0.154. The summed E-state index contributed by atoms with van der Waals surface area (Å²) >= 11 is 0. The van der Waals surface area contributed by atoms with Crippen LogP contribution in [0.25, 0.3) is 0 Å². The third kappa shape index (κ3) is 1.99. The fourth-order valence-electron chi connectivity index (χ4n) is 3.49. The van der Waals surface area contributed by atoms with Crippen LogP contribution in [0.4, 0.5) is 0 Å². The van der Waals surface area contributed by atoms with E-state index in [1.807, 2.05) is 6.92 Å². The number of carbonyl (C=O) groups excluding carboxylic acids is 1. The van der Waals surface area contributed by atoms with E-state index < -0.39 is 0 Å². The molecule has 2 nitrogen and oxygen atoms in total. The quantitative estimate of drug-likeness (QED) is 0.598. The van der Waals surface area contributed by atoms with Gasteiger partial charge in [0, 0.05) is 0 Å². The maximum Gasteiger partial charge on any atom is 0.316 e. The summed E-state index contributed by atoms with van der Waals surface area (Å²) in [7, 11) is 0. The van der Waals surface area contributed by atoms with Crippen molar-refractivity contribution >= 4 is 5.97 Å². The number of rotatable bonds is 2. The zero-order valence-electron chi connectivity index (χ0n) is 11.4. The Morgan fingerprint density at radius 1 is 1.32 bits per heavy atom. The summed E-state index contributed by atoms with van der Waals surface area (Å²) in [5, 5.41) is 0. The van der Waals surface area contributed by atoms with Crippen LogP contribution in [0.3, 0.4) is 0 Å². The zero-order valence-corrected chi connectivity index (χ0v) is 11.4. The second kappa shape index (κ2) is 4.84. The molecule has 0 fully saturated rings. The molecule has 0 bridgehead atoms. The van der Waals surface area contributed by atoms with Crippen molar-refractivity contribution in [1.82, 2.24) is 0 Å². The maximum atomic E-state index is 12.5. The van der Waals surface area contributed by atoms with Crippen molar-refractivity contribution in [2.24, 2.45) is 5.41 Å². The van der Waals surface area contributed by atoms with Crippen LogP contribution in [0.5, 0.6) is 0 Å². The first-order chi connectivity index (χ1) is 9.26. The van der Waals surface area contributed by atoms with Gasteiger partial charge >= 0.3 is 5.97 Å². The minimum atomic E-state index is -0.372. The number of hydrogen-bond donors (Lipinski definition) is 0.